The van der Waals surface area contributed by atoms with Gasteiger partial charge >= 0.3 is 6.03 Å². The third-order valence-electron chi connectivity index (χ3n) is 4.33. The van der Waals surface area contributed by atoms with Gasteiger partial charge in [-0.1, -0.05) is 0 Å². The van der Waals surface area contributed by atoms with Crippen molar-refractivity contribution >= 4 is 6.03 Å². The predicted molar refractivity (Wildman–Crippen MR) is 96.6 cm³/mol. The first-order valence-electron chi connectivity index (χ1n) is 8.93. The van der Waals surface area contributed by atoms with E-state index < -0.39 is 6.29 Å². The van der Waals surface area contributed by atoms with Crippen molar-refractivity contribution in [2.75, 3.05) is 34.4 Å². The van der Waals surface area contributed by atoms with E-state index in [0.29, 0.717) is 18.7 Å². The van der Waals surface area contributed by atoms with Gasteiger partial charge in [-0.05, 0) is 25.7 Å². The number of hydrogen-bond acceptors (Lipinski definition) is 6. The molecule has 0 spiro atoms. The molecule has 1 aliphatic carbocycles. The molecule has 1 aliphatic rings. The Morgan fingerprint density at radius 3 is 2.58 bits per heavy atom. The van der Waals surface area contributed by atoms with Crippen LogP contribution in [0.25, 0.3) is 0 Å². The highest BCUT2D eigenvalue weighted by atomic mass is 16.7. The molecule has 0 radical (unpaired) electrons. The molecule has 0 unspecified atom stereocenters. The average Bonchev–Trinajstić information content (AvgIpc) is 3.16. The number of carbonyl (C=O) groups is 1. The van der Waals surface area contributed by atoms with Crippen LogP contribution in [0, 0.1) is 0 Å². The molecule has 1 heterocycles. The lowest BCUT2D eigenvalue weighted by atomic mass is 10.2. The molecule has 8 nitrogen and oxygen atoms in total. The molecular formula is C18H29N3O5. The summed E-state index contributed by atoms with van der Waals surface area (Å²) in [4.78, 5) is 16.1. The Labute approximate surface area is 154 Å². The molecule has 26 heavy (non-hydrogen) atoms. The second-order valence-electron chi connectivity index (χ2n) is 6.14. The van der Waals surface area contributed by atoms with Crippen LogP contribution in [0.4, 0.5) is 4.79 Å². The van der Waals surface area contributed by atoms with Gasteiger partial charge in [0.1, 0.15) is 0 Å². The number of amides is 2. The number of carbonyl (C=O) groups excluding carboxylic acids is 1. The molecule has 0 bridgehead atoms. The van der Waals surface area contributed by atoms with E-state index in [0.717, 1.165) is 24.3 Å². The zero-order chi connectivity index (χ0) is 18.8. The molecule has 146 valence electrons. The fourth-order valence-corrected chi connectivity index (χ4v) is 2.84. The lowest BCUT2D eigenvalue weighted by Gasteiger charge is -2.16. The van der Waals surface area contributed by atoms with Gasteiger partial charge in [0.05, 0.1) is 26.0 Å². The minimum atomic E-state index is -0.459. The van der Waals surface area contributed by atoms with E-state index in [2.05, 4.69) is 15.6 Å². The number of nitrogens with zero attached hydrogens (tertiary/aromatic N) is 1. The fraction of sp³-hybridized carbons (Fsp3) is 0.667. The minimum Gasteiger partial charge on any atom is -0.491 e. The predicted octanol–water partition coefficient (Wildman–Crippen LogP) is 1.87. The van der Waals surface area contributed by atoms with E-state index in [1.807, 2.05) is 6.07 Å². The van der Waals surface area contributed by atoms with Crippen molar-refractivity contribution in [3.05, 3.63) is 18.0 Å². The van der Waals surface area contributed by atoms with Crippen molar-refractivity contribution < 1.29 is 23.7 Å². The fourth-order valence-electron chi connectivity index (χ4n) is 2.84. The third-order valence-corrected chi connectivity index (χ3v) is 4.33. The van der Waals surface area contributed by atoms with Gasteiger partial charge in [0.25, 0.3) is 0 Å². The second kappa shape index (κ2) is 10.8. The van der Waals surface area contributed by atoms with Crippen LogP contribution in [0.2, 0.25) is 0 Å². The van der Waals surface area contributed by atoms with Gasteiger partial charge in [-0.25, -0.2) is 4.79 Å². The van der Waals surface area contributed by atoms with Crippen molar-refractivity contribution in [1.82, 2.24) is 15.6 Å². The van der Waals surface area contributed by atoms with Crippen LogP contribution in [0.1, 0.15) is 31.4 Å². The molecule has 0 saturated heterocycles. The van der Waals surface area contributed by atoms with Crippen LogP contribution in [-0.2, 0) is 15.9 Å². The van der Waals surface area contributed by atoms with Gasteiger partial charge in [-0.3, -0.25) is 4.98 Å². The van der Waals surface area contributed by atoms with Crippen LogP contribution in [0.15, 0.2) is 12.3 Å². The Balaban J connectivity index is 1.80. The van der Waals surface area contributed by atoms with Crippen molar-refractivity contribution in [2.45, 2.75) is 44.5 Å². The second-order valence-corrected chi connectivity index (χ2v) is 6.14. The molecule has 0 atom stereocenters. The highest BCUT2D eigenvalue weighted by Crippen LogP contribution is 2.31. The van der Waals surface area contributed by atoms with Gasteiger partial charge < -0.3 is 29.6 Å². The molecule has 2 amide bonds. The molecule has 1 fully saturated rings. The smallest absolute Gasteiger partial charge is 0.314 e. The first kappa shape index (κ1) is 20.3. The topological polar surface area (TPSA) is 90.9 Å². The number of nitrogens with one attached hydrogen (secondary N) is 2. The summed E-state index contributed by atoms with van der Waals surface area (Å²) >= 11 is 0. The third kappa shape index (κ3) is 6.34. The van der Waals surface area contributed by atoms with Gasteiger partial charge in [0.2, 0.25) is 0 Å². The molecule has 1 aromatic heterocycles. The number of aromatic nitrogens is 1. The molecule has 1 saturated carbocycles. The molecular weight excluding hydrogens is 338 g/mol. The van der Waals surface area contributed by atoms with E-state index in [1.54, 1.807) is 13.3 Å². The summed E-state index contributed by atoms with van der Waals surface area (Å²) in [5.74, 6) is 1.36. The van der Waals surface area contributed by atoms with Crippen LogP contribution in [0.5, 0.6) is 11.5 Å². The minimum absolute atomic E-state index is 0.248. The maximum Gasteiger partial charge on any atom is 0.314 e. The maximum absolute atomic E-state index is 11.8. The number of rotatable bonds is 10. The quantitative estimate of drug-likeness (QED) is 0.614. The number of hydrogen-bond donors (Lipinski definition) is 2. The van der Waals surface area contributed by atoms with Crippen LogP contribution >= 0.6 is 0 Å². The Morgan fingerprint density at radius 2 is 1.92 bits per heavy atom. The van der Waals surface area contributed by atoms with Gasteiger partial charge in [-0.15, -0.1) is 0 Å². The van der Waals surface area contributed by atoms with E-state index in [1.165, 1.54) is 27.1 Å². The van der Waals surface area contributed by atoms with E-state index in [4.69, 9.17) is 18.9 Å². The molecule has 1 aromatic rings. The molecule has 8 heteroatoms. The Morgan fingerprint density at radius 1 is 1.19 bits per heavy atom. The van der Waals surface area contributed by atoms with Gasteiger partial charge in [0, 0.05) is 38.9 Å². The zero-order valence-electron chi connectivity index (χ0n) is 15.7. The number of urea groups is 1. The van der Waals surface area contributed by atoms with Crippen LogP contribution < -0.4 is 20.1 Å². The first-order chi connectivity index (χ1) is 12.7. The summed E-state index contributed by atoms with van der Waals surface area (Å²) in [6, 6.07) is 1.61. The molecule has 0 aliphatic heterocycles. The summed E-state index contributed by atoms with van der Waals surface area (Å²) in [6.45, 7) is 0.734. The number of pyridine rings is 1. The Kier molecular flexibility index (Phi) is 8.43. The van der Waals surface area contributed by atoms with E-state index in [9.17, 15) is 4.79 Å². The standard InChI is InChI=1S/C18H29N3O5/c1-23-16-11-20-13(10-15(16)26-14-6-4-5-7-14)8-9-19-18(22)21-12-17(24-2)25-3/h10-11,14,17H,4-9,12H2,1-3H3,(H2,19,21,22). The SMILES string of the molecule is COc1cnc(CCNC(=O)NCC(OC)OC)cc1OC1CCCC1. The van der Waals surface area contributed by atoms with Gasteiger partial charge in [0.15, 0.2) is 17.8 Å². The first-order valence-corrected chi connectivity index (χ1v) is 8.93. The van der Waals surface area contributed by atoms with Crippen LogP contribution in [0.3, 0.4) is 0 Å². The van der Waals surface area contributed by atoms with Crippen molar-refractivity contribution in [3.63, 3.8) is 0 Å². The summed E-state index contributed by atoms with van der Waals surface area (Å²) in [5, 5.41) is 5.47. The molecule has 0 aromatic carbocycles. The lowest BCUT2D eigenvalue weighted by Crippen LogP contribution is -2.41. The normalized spacial score (nSPS) is 14.5. The maximum atomic E-state index is 11.8. The molecule has 2 rings (SSSR count). The Hall–Kier alpha value is -2.06. The Bertz CT molecular complexity index is 560. The average molecular weight is 367 g/mol. The number of methoxy groups -OCH3 is 3. The lowest BCUT2D eigenvalue weighted by molar-refractivity contribution is -0.0971. The summed E-state index contributed by atoms with van der Waals surface area (Å²) in [6.07, 6.45) is 6.61. The van der Waals surface area contributed by atoms with Crippen molar-refractivity contribution in [1.29, 1.82) is 0 Å². The largest absolute Gasteiger partial charge is 0.491 e. The van der Waals surface area contributed by atoms with E-state index >= 15 is 0 Å². The molecule has 2 N–H and O–H groups in total. The summed E-state index contributed by atoms with van der Waals surface area (Å²) < 4.78 is 21.4. The van der Waals surface area contributed by atoms with E-state index in [-0.39, 0.29) is 18.7 Å². The highest BCUT2D eigenvalue weighted by molar-refractivity contribution is 5.73. The van der Waals surface area contributed by atoms with Crippen molar-refractivity contribution in [2.24, 2.45) is 0 Å². The summed E-state index contributed by atoms with van der Waals surface area (Å²) in [5.41, 5.74) is 0.839. The number of ether oxygens (including phenoxy) is 4. The van der Waals surface area contributed by atoms with Crippen LogP contribution in [-0.4, -0.2) is 57.8 Å². The zero-order valence-corrected chi connectivity index (χ0v) is 15.7. The van der Waals surface area contributed by atoms with Crippen molar-refractivity contribution in [3.8, 4) is 11.5 Å². The van der Waals surface area contributed by atoms with Gasteiger partial charge in [-0.2, -0.15) is 0 Å². The highest BCUT2D eigenvalue weighted by Gasteiger charge is 2.19. The monoisotopic (exact) mass is 367 g/mol. The summed E-state index contributed by atoms with van der Waals surface area (Å²) in [7, 11) is 4.65.